The van der Waals surface area contributed by atoms with Crippen LogP contribution in [0.5, 0.6) is 0 Å². The molecule has 0 aliphatic heterocycles. The zero-order chi connectivity index (χ0) is 17.8. The van der Waals surface area contributed by atoms with Crippen LogP contribution in [0.25, 0.3) is 0 Å². The van der Waals surface area contributed by atoms with Crippen LogP contribution in [0.2, 0.25) is 0 Å². The Labute approximate surface area is 151 Å². The highest BCUT2D eigenvalue weighted by molar-refractivity contribution is 5.93. The molecule has 0 heterocycles. The van der Waals surface area contributed by atoms with Crippen LogP contribution in [0.15, 0.2) is 22.8 Å². The third-order valence-electron chi connectivity index (χ3n) is 8.36. The van der Waals surface area contributed by atoms with Crippen LogP contribution in [0.4, 0.5) is 0 Å². The number of allylic oxidation sites excluding steroid dienone is 4. The van der Waals surface area contributed by atoms with E-state index in [2.05, 4.69) is 6.92 Å². The van der Waals surface area contributed by atoms with E-state index in [0.29, 0.717) is 30.6 Å². The quantitative estimate of drug-likeness (QED) is 0.834. The summed E-state index contributed by atoms with van der Waals surface area (Å²) in [5, 5.41) is 10.7. The van der Waals surface area contributed by atoms with E-state index in [1.54, 1.807) is 12.7 Å². The molecule has 0 bridgehead atoms. The Morgan fingerprint density at radius 1 is 1.24 bits per heavy atom. The molecule has 4 aliphatic rings. The molecule has 0 spiro atoms. The van der Waals surface area contributed by atoms with Crippen molar-refractivity contribution in [3.63, 3.8) is 0 Å². The van der Waals surface area contributed by atoms with Gasteiger partial charge in [0.05, 0.1) is 12.7 Å². The maximum atomic E-state index is 11.8. The second-order valence-corrected chi connectivity index (χ2v) is 9.11. The van der Waals surface area contributed by atoms with Gasteiger partial charge in [0.25, 0.3) is 0 Å². The molecule has 1 unspecified atom stereocenters. The minimum Gasteiger partial charge on any atom is -0.393 e. The number of ether oxygens (including phenoxy) is 1. The minimum absolute atomic E-state index is 0.110. The molecule has 2 saturated carbocycles. The summed E-state index contributed by atoms with van der Waals surface area (Å²) >= 11 is 0. The van der Waals surface area contributed by atoms with Gasteiger partial charge in [-0.05, 0) is 86.3 Å². The Morgan fingerprint density at radius 2 is 2.04 bits per heavy atom. The average molecular weight is 344 g/mol. The van der Waals surface area contributed by atoms with Crippen molar-refractivity contribution in [1.82, 2.24) is 0 Å². The molecule has 3 nitrogen and oxygen atoms in total. The molecule has 4 aliphatic carbocycles. The van der Waals surface area contributed by atoms with Gasteiger partial charge in [-0.1, -0.05) is 12.5 Å². The van der Waals surface area contributed by atoms with Crippen LogP contribution >= 0.6 is 0 Å². The molecule has 25 heavy (non-hydrogen) atoms. The van der Waals surface area contributed by atoms with E-state index in [9.17, 15) is 9.90 Å². The SMILES string of the molecule is COC[C@]1(C(C)O)CC[C@H]2[C@@H]3CCC4=CC(=O)CCC4=C3CC[C@@]21C. The molecule has 1 N–H and O–H groups in total. The first kappa shape index (κ1) is 17.5. The van der Waals surface area contributed by atoms with Crippen molar-refractivity contribution in [1.29, 1.82) is 0 Å². The van der Waals surface area contributed by atoms with E-state index in [4.69, 9.17) is 4.74 Å². The topological polar surface area (TPSA) is 46.5 Å². The maximum Gasteiger partial charge on any atom is 0.156 e. The lowest BCUT2D eigenvalue weighted by Gasteiger charge is -2.54. The predicted molar refractivity (Wildman–Crippen MR) is 98.1 cm³/mol. The Balaban J connectivity index is 1.72. The number of hydrogen-bond acceptors (Lipinski definition) is 3. The van der Waals surface area contributed by atoms with Gasteiger partial charge >= 0.3 is 0 Å². The molecule has 0 aromatic heterocycles. The predicted octanol–water partition coefficient (Wildman–Crippen LogP) is 4.21. The number of carbonyl (C=O) groups is 1. The van der Waals surface area contributed by atoms with Gasteiger partial charge in [0, 0.05) is 18.9 Å². The number of aliphatic hydroxyl groups is 1. The molecule has 0 radical (unpaired) electrons. The van der Waals surface area contributed by atoms with Crippen molar-refractivity contribution in [3.05, 3.63) is 22.8 Å². The molecule has 138 valence electrons. The molecule has 4 rings (SSSR count). The van der Waals surface area contributed by atoms with Crippen molar-refractivity contribution < 1.29 is 14.6 Å². The number of aliphatic hydroxyl groups excluding tert-OH is 1. The summed E-state index contributed by atoms with van der Waals surface area (Å²) in [5.41, 5.74) is 4.56. The van der Waals surface area contributed by atoms with Gasteiger partial charge in [0.2, 0.25) is 0 Å². The van der Waals surface area contributed by atoms with Crippen LogP contribution < -0.4 is 0 Å². The summed E-state index contributed by atoms with van der Waals surface area (Å²) < 4.78 is 5.62. The van der Waals surface area contributed by atoms with E-state index in [1.165, 1.54) is 24.0 Å². The van der Waals surface area contributed by atoms with Crippen molar-refractivity contribution >= 4 is 5.78 Å². The fourth-order valence-electron chi connectivity index (χ4n) is 7.00. The Hall–Kier alpha value is -0.930. The Kier molecular flexibility index (Phi) is 4.24. The van der Waals surface area contributed by atoms with E-state index in [0.717, 1.165) is 32.1 Å². The highest BCUT2D eigenvalue weighted by Gasteiger charge is 2.62. The Bertz CT molecular complexity index is 644. The van der Waals surface area contributed by atoms with Crippen molar-refractivity contribution in [2.24, 2.45) is 22.7 Å². The van der Waals surface area contributed by atoms with Crippen LogP contribution in [-0.2, 0) is 9.53 Å². The van der Waals surface area contributed by atoms with Gasteiger partial charge < -0.3 is 9.84 Å². The fraction of sp³-hybridized carbons (Fsp3) is 0.773. The maximum absolute atomic E-state index is 11.8. The van der Waals surface area contributed by atoms with Crippen molar-refractivity contribution in [2.75, 3.05) is 13.7 Å². The molecule has 2 fully saturated rings. The first-order valence-corrected chi connectivity index (χ1v) is 10.1. The molecular weight excluding hydrogens is 312 g/mol. The van der Waals surface area contributed by atoms with E-state index in [1.807, 2.05) is 13.0 Å². The van der Waals surface area contributed by atoms with E-state index < -0.39 is 0 Å². The highest BCUT2D eigenvalue weighted by atomic mass is 16.5. The largest absolute Gasteiger partial charge is 0.393 e. The first-order chi connectivity index (χ1) is 11.9. The average Bonchev–Trinajstić information content (AvgIpc) is 2.88. The summed E-state index contributed by atoms with van der Waals surface area (Å²) in [5.74, 6) is 1.61. The molecule has 0 aromatic carbocycles. The number of carbonyl (C=O) groups excluding carboxylic acids is 1. The number of ketones is 1. The van der Waals surface area contributed by atoms with Gasteiger partial charge in [0.15, 0.2) is 5.78 Å². The number of methoxy groups -OCH3 is 1. The summed E-state index contributed by atoms with van der Waals surface area (Å²) in [6, 6.07) is 0. The van der Waals surface area contributed by atoms with Crippen molar-refractivity contribution in [3.8, 4) is 0 Å². The molecule has 0 aromatic rings. The van der Waals surface area contributed by atoms with Crippen LogP contribution in [0.1, 0.15) is 65.2 Å². The normalized spacial score (nSPS) is 41.8. The molecule has 5 atom stereocenters. The fourth-order valence-corrected chi connectivity index (χ4v) is 7.00. The molecule has 0 amide bonds. The highest BCUT2D eigenvalue weighted by Crippen LogP contribution is 2.67. The number of hydrogen-bond donors (Lipinski definition) is 1. The third-order valence-corrected chi connectivity index (χ3v) is 8.36. The van der Waals surface area contributed by atoms with Crippen LogP contribution in [0.3, 0.4) is 0 Å². The zero-order valence-electron chi connectivity index (χ0n) is 15.9. The number of rotatable bonds is 3. The van der Waals surface area contributed by atoms with Crippen molar-refractivity contribution in [2.45, 2.75) is 71.3 Å². The van der Waals surface area contributed by atoms with Gasteiger partial charge in [-0.25, -0.2) is 0 Å². The summed E-state index contributed by atoms with van der Waals surface area (Å²) in [7, 11) is 1.77. The van der Waals surface area contributed by atoms with E-state index >= 15 is 0 Å². The standard InChI is InChI=1S/C22H32O3/c1-14(23)22(13-25-3)11-9-20-19-6-4-15-12-16(24)5-7-17(15)18(19)8-10-21(20,22)2/h12,14,19-20,23H,4-11,13H2,1-3H3/t14?,19-,20+,21+,22+/m1/s1. The smallest absolute Gasteiger partial charge is 0.156 e. The van der Waals surface area contributed by atoms with Gasteiger partial charge in [0.1, 0.15) is 0 Å². The van der Waals surface area contributed by atoms with Crippen LogP contribution in [-0.4, -0.2) is 30.7 Å². The lowest BCUT2D eigenvalue weighted by atomic mass is 9.51. The van der Waals surface area contributed by atoms with Gasteiger partial charge in [-0.3, -0.25) is 4.79 Å². The molecule has 3 heteroatoms. The summed E-state index contributed by atoms with van der Waals surface area (Å²) in [4.78, 5) is 11.8. The number of fused-ring (bicyclic) bond motifs is 4. The lowest BCUT2D eigenvalue weighted by Crippen LogP contribution is -2.52. The summed E-state index contributed by atoms with van der Waals surface area (Å²) in [6.07, 6.45) is 10.0. The Morgan fingerprint density at radius 3 is 2.76 bits per heavy atom. The third kappa shape index (κ3) is 2.35. The molecule has 0 saturated heterocycles. The lowest BCUT2D eigenvalue weighted by molar-refractivity contribution is -0.115. The second kappa shape index (κ2) is 6.06. The monoisotopic (exact) mass is 344 g/mol. The minimum atomic E-state index is -0.331. The van der Waals surface area contributed by atoms with Gasteiger partial charge in [-0.15, -0.1) is 0 Å². The van der Waals surface area contributed by atoms with E-state index in [-0.39, 0.29) is 16.9 Å². The zero-order valence-corrected chi connectivity index (χ0v) is 15.9. The molecular formula is C22H32O3. The second-order valence-electron chi connectivity index (χ2n) is 9.11. The van der Waals surface area contributed by atoms with Crippen LogP contribution in [0, 0.1) is 22.7 Å². The first-order valence-electron chi connectivity index (χ1n) is 10.1. The van der Waals surface area contributed by atoms with Gasteiger partial charge in [-0.2, -0.15) is 0 Å². The summed E-state index contributed by atoms with van der Waals surface area (Å²) in [6.45, 7) is 5.05.